The number of hydrogen-bond acceptors (Lipinski definition) is 5. The van der Waals surface area contributed by atoms with Crippen LogP contribution < -0.4 is 21.5 Å². The third kappa shape index (κ3) is 3.06. The minimum Gasteiger partial charge on any atom is -0.371 e. The topological polar surface area (TPSA) is 93.9 Å². The highest BCUT2D eigenvalue weighted by atomic mass is 16.2. The molecule has 2 saturated carbocycles. The molecule has 0 bridgehead atoms. The van der Waals surface area contributed by atoms with Gasteiger partial charge in [0.1, 0.15) is 0 Å². The first-order chi connectivity index (χ1) is 14.0. The van der Waals surface area contributed by atoms with E-state index in [1.807, 2.05) is 19.1 Å². The maximum absolute atomic E-state index is 12.5. The molecule has 3 fully saturated rings. The number of H-pyrrole nitrogens is 1. The minimum atomic E-state index is -0.297. The summed E-state index contributed by atoms with van der Waals surface area (Å²) in [5, 5.41) is 13.1. The molecular formula is C22H27N5O2. The summed E-state index contributed by atoms with van der Waals surface area (Å²) in [7, 11) is 0. The van der Waals surface area contributed by atoms with Crippen molar-refractivity contribution in [1.29, 1.82) is 5.26 Å². The SMILES string of the molecule is Cc1c(N2CCC(C3(NCCC#N)CC3)C2)ccc2c(=O)[nH]c(=O)n(C3CC3)c12. The number of rotatable bonds is 6. The van der Waals surface area contributed by atoms with Crippen molar-refractivity contribution >= 4 is 16.6 Å². The van der Waals surface area contributed by atoms with Crippen LogP contribution in [0.4, 0.5) is 5.69 Å². The van der Waals surface area contributed by atoms with E-state index in [0.29, 0.717) is 17.7 Å². The second kappa shape index (κ2) is 6.74. The molecule has 0 amide bonds. The van der Waals surface area contributed by atoms with Crippen molar-refractivity contribution in [2.24, 2.45) is 5.92 Å². The van der Waals surface area contributed by atoms with E-state index in [1.165, 1.54) is 12.8 Å². The summed E-state index contributed by atoms with van der Waals surface area (Å²) < 4.78 is 1.80. The van der Waals surface area contributed by atoms with Gasteiger partial charge in [0.05, 0.1) is 17.0 Å². The Morgan fingerprint density at radius 3 is 2.76 bits per heavy atom. The molecule has 1 aromatic carbocycles. The van der Waals surface area contributed by atoms with E-state index in [1.54, 1.807) is 4.57 Å². The predicted octanol–water partition coefficient (Wildman–Crippen LogP) is 2.20. The van der Waals surface area contributed by atoms with E-state index in [4.69, 9.17) is 5.26 Å². The normalized spacial score (nSPS) is 22.8. The summed E-state index contributed by atoms with van der Waals surface area (Å²) >= 11 is 0. The van der Waals surface area contributed by atoms with Crippen molar-refractivity contribution in [3.63, 3.8) is 0 Å². The van der Waals surface area contributed by atoms with Gasteiger partial charge in [0.25, 0.3) is 5.56 Å². The Labute approximate surface area is 169 Å². The maximum atomic E-state index is 12.5. The highest BCUT2D eigenvalue weighted by molar-refractivity contribution is 5.86. The summed E-state index contributed by atoms with van der Waals surface area (Å²) in [5.41, 5.74) is 2.57. The Hall–Kier alpha value is -2.59. The summed E-state index contributed by atoms with van der Waals surface area (Å²) in [6, 6.07) is 6.34. The van der Waals surface area contributed by atoms with Crippen LogP contribution in [0.15, 0.2) is 21.7 Å². The lowest BCUT2D eigenvalue weighted by molar-refractivity contribution is 0.360. The van der Waals surface area contributed by atoms with Gasteiger partial charge in [0.2, 0.25) is 0 Å². The number of hydrogen-bond donors (Lipinski definition) is 2. The molecule has 1 unspecified atom stereocenters. The maximum Gasteiger partial charge on any atom is 0.329 e. The van der Waals surface area contributed by atoms with Gasteiger partial charge in [-0.25, -0.2) is 4.79 Å². The van der Waals surface area contributed by atoms with Gasteiger partial charge >= 0.3 is 5.69 Å². The van der Waals surface area contributed by atoms with Crippen LogP contribution in [-0.4, -0.2) is 34.7 Å². The summed E-state index contributed by atoms with van der Waals surface area (Å²) in [6.45, 7) is 4.76. The van der Waals surface area contributed by atoms with E-state index >= 15 is 0 Å². The number of fused-ring (bicyclic) bond motifs is 1. The molecule has 2 aromatic rings. The molecule has 29 heavy (non-hydrogen) atoms. The van der Waals surface area contributed by atoms with Gasteiger partial charge in [0, 0.05) is 43.3 Å². The Kier molecular flexibility index (Phi) is 4.28. The third-order valence-electron chi connectivity index (χ3n) is 7.05. The Bertz CT molecular complexity index is 1120. The number of aromatic amines is 1. The standard InChI is InChI=1S/C22H27N5O2/c1-14-18(26-12-7-15(13-26)22(8-9-22)24-11-2-10-23)6-5-17-19(14)27(16-3-4-16)21(29)25-20(17)28/h5-6,15-16,24H,2-4,7-9,11-13H2,1H3,(H,25,28,29). The van der Waals surface area contributed by atoms with Gasteiger partial charge in [-0.15, -0.1) is 0 Å². The van der Waals surface area contributed by atoms with Gasteiger partial charge in [-0.2, -0.15) is 5.26 Å². The Morgan fingerprint density at radius 1 is 1.28 bits per heavy atom. The van der Waals surface area contributed by atoms with Crippen LogP contribution in [0.1, 0.15) is 50.1 Å². The number of aryl methyl sites for hydroxylation is 1. The smallest absolute Gasteiger partial charge is 0.329 e. The molecule has 0 spiro atoms. The molecule has 0 radical (unpaired) electrons. The van der Waals surface area contributed by atoms with Crippen LogP contribution in [-0.2, 0) is 0 Å². The first-order valence-corrected chi connectivity index (χ1v) is 10.7. The van der Waals surface area contributed by atoms with Gasteiger partial charge in [-0.05, 0) is 62.6 Å². The zero-order valence-electron chi connectivity index (χ0n) is 16.8. The molecule has 1 atom stereocenters. The molecule has 1 aliphatic heterocycles. The van der Waals surface area contributed by atoms with Crippen molar-refractivity contribution < 1.29 is 0 Å². The fourth-order valence-electron chi connectivity index (χ4n) is 5.19. The first kappa shape index (κ1) is 18.4. The van der Waals surface area contributed by atoms with E-state index in [9.17, 15) is 9.59 Å². The molecule has 3 aliphatic rings. The molecule has 1 aromatic heterocycles. The van der Waals surface area contributed by atoms with Crippen molar-refractivity contribution in [3.05, 3.63) is 38.5 Å². The van der Waals surface area contributed by atoms with Crippen LogP contribution >= 0.6 is 0 Å². The van der Waals surface area contributed by atoms with Crippen LogP contribution in [0.5, 0.6) is 0 Å². The lowest BCUT2D eigenvalue weighted by Crippen LogP contribution is -2.40. The molecule has 152 valence electrons. The van der Waals surface area contributed by atoms with Crippen LogP contribution in [0.25, 0.3) is 10.9 Å². The molecule has 1 saturated heterocycles. The number of aromatic nitrogens is 2. The lowest BCUT2D eigenvalue weighted by atomic mass is 9.96. The number of nitrogens with one attached hydrogen (secondary N) is 2. The quantitative estimate of drug-likeness (QED) is 0.734. The van der Waals surface area contributed by atoms with Crippen LogP contribution in [0.3, 0.4) is 0 Å². The number of nitrogens with zero attached hydrogens (tertiary/aromatic N) is 3. The molecule has 2 heterocycles. The van der Waals surface area contributed by atoms with Crippen molar-refractivity contribution in [2.75, 3.05) is 24.5 Å². The second-order valence-electron chi connectivity index (χ2n) is 8.89. The number of benzene rings is 1. The highest BCUT2D eigenvalue weighted by Gasteiger charge is 2.50. The van der Waals surface area contributed by atoms with Gasteiger partial charge < -0.3 is 10.2 Å². The Morgan fingerprint density at radius 2 is 2.07 bits per heavy atom. The van der Waals surface area contributed by atoms with Crippen molar-refractivity contribution in [1.82, 2.24) is 14.9 Å². The van der Waals surface area contributed by atoms with Gasteiger partial charge in [-0.1, -0.05) is 0 Å². The monoisotopic (exact) mass is 393 g/mol. The second-order valence-corrected chi connectivity index (χ2v) is 8.89. The average Bonchev–Trinajstić information content (AvgIpc) is 3.63. The molecular weight excluding hydrogens is 366 g/mol. The van der Waals surface area contributed by atoms with E-state index in [0.717, 1.165) is 55.7 Å². The molecule has 2 N–H and O–H groups in total. The zero-order valence-corrected chi connectivity index (χ0v) is 16.8. The first-order valence-electron chi connectivity index (χ1n) is 10.7. The summed E-state index contributed by atoms with van der Waals surface area (Å²) in [5.74, 6) is 0.570. The van der Waals surface area contributed by atoms with Gasteiger partial charge in [0.15, 0.2) is 0 Å². The van der Waals surface area contributed by atoms with E-state index in [2.05, 4.69) is 21.3 Å². The Balaban J connectivity index is 1.47. The molecule has 7 heteroatoms. The van der Waals surface area contributed by atoms with E-state index < -0.39 is 0 Å². The molecule has 7 nitrogen and oxygen atoms in total. The summed E-state index contributed by atoms with van der Waals surface area (Å²) in [6.07, 6.45) is 6.03. The molecule has 5 rings (SSSR count). The highest BCUT2D eigenvalue weighted by Crippen LogP contribution is 2.47. The van der Waals surface area contributed by atoms with Crippen LogP contribution in [0, 0.1) is 24.2 Å². The largest absolute Gasteiger partial charge is 0.371 e. The fraction of sp³-hybridized carbons (Fsp3) is 0.591. The van der Waals surface area contributed by atoms with Crippen LogP contribution in [0.2, 0.25) is 0 Å². The fourth-order valence-corrected chi connectivity index (χ4v) is 5.19. The van der Waals surface area contributed by atoms with Crippen molar-refractivity contribution in [3.8, 4) is 6.07 Å². The average molecular weight is 393 g/mol. The number of anilines is 1. The lowest BCUT2D eigenvalue weighted by Gasteiger charge is -2.26. The predicted molar refractivity (Wildman–Crippen MR) is 112 cm³/mol. The minimum absolute atomic E-state index is 0.198. The molecule has 2 aliphatic carbocycles. The summed E-state index contributed by atoms with van der Waals surface area (Å²) in [4.78, 5) is 29.8. The van der Waals surface area contributed by atoms with Gasteiger partial charge in [-0.3, -0.25) is 14.3 Å². The van der Waals surface area contributed by atoms with Crippen molar-refractivity contribution in [2.45, 2.75) is 57.0 Å². The van der Waals surface area contributed by atoms with E-state index in [-0.39, 0.29) is 22.8 Å². The number of nitriles is 1. The third-order valence-corrected chi connectivity index (χ3v) is 7.05. The zero-order chi connectivity index (χ0) is 20.2.